The van der Waals surface area contributed by atoms with Crippen molar-refractivity contribution in [3.63, 3.8) is 0 Å². The van der Waals surface area contributed by atoms with Crippen molar-refractivity contribution in [2.75, 3.05) is 27.2 Å². The fourth-order valence-electron chi connectivity index (χ4n) is 2.79. The standard InChI is InChI=1S/C15H19F2N3O5.ClH/c1-18-9-4-3-5-19(8-9)14(21)10-6-12(24-2)13(25-15(16)17)7-11(10)20(22)23;/h6-7,9,15,18H,3-5,8H2,1-2H3;1H. The summed E-state index contributed by atoms with van der Waals surface area (Å²) in [6.45, 7) is -2.30. The van der Waals surface area contributed by atoms with Gasteiger partial charge in [-0.25, -0.2) is 0 Å². The van der Waals surface area contributed by atoms with Crippen LogP contribution in [0.4, 0.5) is 14.5 Å². The molecule has 0 saturated carbocycles. The Morgan fingerprint density at radius 1 is 1.42 bits per heavy atom. The number of nitrogens with zero attached hydrogens (tertiary/aromatic N) is 2. The Kier molecular flexibility index (Phi) is 7.97. The number of ether oxygens (including phenoxy) is 2. The Morgan fingerprint density at radius 3 is 2.65 bits per heavy atom. The van der Waals surface area contributed by atoms with Gasteiger partial charge >= 0.3 is 6.61 Å². The number of likely N-dealkylation sites (tertiary alicyclic amines) is 1. The second-order valence-electron chi connectivity index (χ2n) is 5.53. The summed E-state index contributed by atoms with van der Waals surface area (Å²) >= 11 is 0. The van der Waals surface area contributed by atoms with E-state index in [1.165, 1.54) is 12.0 Å². The molecule has 1 aliphatic heterocycles. The molecule has 11 heteroatoms. The van der Waals surface area contributed by atoms with Crippen molar-refractivity contribution >= 4 is 24.0 Å². The summed E-state index contributed by atoms with van der Waals surface area (Å²) in [5.74, 6) is -1.21. The lowest BCUT2D eigenvalue weighted by Gasteiger charge is -2.32. The average Bonchev–Trinajstić information content (AvgIpc) is 2.60. The largest absolute Gasteiger partial charge is 0.493 e. The first kappa shape index (κ1) is 21.8. The average molecular weight is 396 g/mol. The molecule has 146 valence electrons. The van der Waals surface area contributed by atoms with Crippen molar-refractivity contribution in [3.05, 3.63) is 27.8 Å². The van der Waals surface area contributed by atoms with E-state index in [0.29, 0.717) is 13.1 Å². The number of amides is 1. The molecule has 1 aromatic rings. The van der Waals surface area contributed by atoms with Gasteiger partial charge < -0.3 is 19.7 Å². The van der Waals surface area contributed by atoms with Crippen LogP contribution in [0.2, 0.25) is 0 Å². The van der Waals surface area contributed by atoms with Gasteiger partial charge in [0, 0.05) is 25.2 Å². The first-order valence-corrected chi connectivity index (χ1v) is 7.65. The van der Waals surface area contributed by atoms with E-state index in [1.54, 1.807) is 7.05 Å². The Labute approximate surface area is 155 Å². The van der Waals surface area contributed by atoms with E-state index in [1.807, 2.05) is 0 Å². The van der Waals surface area contributed by atoms with Crippen molar-refractivity contribution in [1.29, 1.82) is 0 Å². The number of hydrogen-bond acceptors (Lipinski definition) is 6. The number of benzene rings is 1. The number of nitrogens with one attached hydrogen (secondary N) is 1. The number of likely N-dealkylation sites (N-methyl/N-ethyl adjacent to an activating group) is 1. The second-order valence-corrected chi connectivity index (χ2v) is 5.53. The summed E-state index contributed by atoms with van der Waals surface area (Å²) in [5.41, 5.74) is -0.826. The van der Waals surface area contributed by atoms with Crippen LogP contribution in [-0.4, -0.2) is 55.6 Å². The Morgan fingerprint density at radius 2 is 2.12 bits per heavy atom. The summed E-state index contributed by atoms with van der Waals surface area (Å²) in [5, 5.41) is 14.4. The number of methoxy groups -OCH3 is 1. The van der Waals surface area contributed by atoms with Crippen LogP contribution >= 0.6 is 12.4 Å². The maximum absolute atomic E-state index is 12.7. The van der Waals surface area contributed by atoms with Gasteiger partial charge in [-0.05, 0) is 19.9 Å². The smallest absolute Gasteiger partial charge is 0.387 e. The summed E-state index contributed by atoms with van der Waals surface area (Å²) in [6, 6.07) is 1.96. The molecule has 1 aromatic carbocycles. The molecule has 1 heterocycles. The molecule has 0 spiro atoms. The number of halogens is 3. The van der Waals surface area contributed by atoms with Crippen LogP contribution in [0.5, 0.6) is 11.5 Å². The molecule has 1 N–H and O–H groups in total. The lowest BCUT2D eigenvalue weighted by atomic mass is 10.0. The molecular weight excluding hydrogens is 376 g/mol. The molecule has 0 bridgehead atoms. The zero-order chi connectivity index (χ0) is 18.6. The van der Waals surface area contributed by atoms with E-state index in [0.717, 1.165) is 25.0 Å². The minimum absolute atomic E-state index is 0. The van der Waals surface area contributed by atoms with Gasteiger partial charge in [0.2, 0.25) is 0 Å². The number of carbonyl (C=O) groups excluding carboxylic acids is 1. The number of nitro benzene ring substituents is 1. The normalized spacial score (nSPS) is 16.8. The quantitative estimate of drug-likeness (QED) is 0.587. The summed E-state index contributed by atoms with van der Waals surface area (Å²) in [6.07, 6.45) is 1.65. The zero-order valence-corrected chi connectivity index (χ0v) is 15.1. The van der Waals surface area contributed by atoms with Crippen molar-refractivity contribution in [3.8, 4) is 11.5 Å². The maximum atomic E-state index is 12.7. The summed E-state index contributed by atoms with van der Waals surface area (Å²) in [7, 11) is 2.98. The van der Waals surface area contributed by atoms with E-state index < -0.39 is 28.9 Å². The zero-order valence-electron chi connectivity index (χ0n) is 14.2. The van der Waals surface area contributed by atoms with Gasteiger partial charge in [-0.1, -0.05) is 0 Å². The molecule has 1 aliphatic rings. The first-order chi connectivity index (χ1) is 11.9. The van der Waals surface area contributed by atoms with E-state index >= 15 is 0 Å². The van der Waals surface area contributed by atoms with Crippen LogP contribution in [0.3, 0.4) is 0 Å². The fourth-order valence-corrected chi connectivity index (χ4v) is 2.79. The third-order valence-electron chi connectivity index (χ3n) is 4.04. The minimum atomic E-state index is -3.17. The lowest BCUT2D eigenvalue weighted by Crippen LogP contribution is -2.47. The van der Waals surface area contributed by atoms with E-state index in [-0.39, 0.29) is 29.8 Å². The molecule has 1 atom stereocenters. The van der Waals surface area contributed by atoms with E-state index in [2.05, 4.69) is 10.1 Å². The topological polar surface area (TPSA) is 93.9 Å². The van der Waals surface area contributed by atoms with Crippen LogP contribution in [0.1, 0.15) is 23.2 Å². The number of carbonyl (C=O) groups is 1. The van der Waals surface area contributed by atoms with Gasteiger partial charge in [-0.15, -0.1) is 12.4 Å². The highest BCUT2D eigenvalue weighted by Gasteiger charge is 2.31. The van der Waals surface area contributed by atoms with Gasteiger partial charge in [-0.3, -0.25) is 14.9 Å². The van der Waals surface area contributed by atoms with Gasteiger partial charge in [0.05, 0.1) is 18.1 Å². The minimum Gasteiger partial charge on any atom is -0.493 e. The molecule has 1 unspecified atom stereocenters. The Bertz CT molecular complexity index is 662. The van der Waals surface area contributed by atoms with Gasteiger partial charge in [0.15, 0.2) is 11.5 Å². The monoisotopic (exact) mass is 395 g/mol. The van der Waals surface area contributed by atoms with Crippen molar-refractivity contribution in [2.24, 2.45) is 0 Å². The predicted octanol–water partition coefficient (Wildman–Crippen LogP) is 2.45. The first-order valence-electron chi connectivity index (χ1n) is 7.65. The highest BCUT2D eigenvalue weighted by Crippen LogP contribution is 2.36. The van der Waals surface area contributed by atoms with Gasteiger partial charge in [-0.2, -0.15) is 8.78 Å². The number of alkyl halides is 2. The highest BCUT2D eigenvalue weighted by atomic mass is 35.5. The van der Waals surface area contributed by atoms with Crippen molar-refractivity contribution in [1.82, 2.24) is 10.2 Å². The van der Waals surface area contributed by atoms with Crippen LogP contribution in [-0.2, 0) is 0 Å². The summed E-state index contributed by atoms with van der Waals surface area (Å²) < 4.78 is 34.1. The molecule has 0 aromatic heterocycles. The van der Waals surface area contributed by atoms with Crippen molar-refractivity contribution < 1.29 is 28.0 Å². The molecule has 1 fully saturated rings. The van der Waals surface area contributed by atoms with Crippen LogP contribution in [0, 0.1) is 10.1 Å². The predicted molar refractivity (Wildman–Crippen MR) is 91.5 cm³/mol. The van der Waals surface area contributed by atoms with Gasteiger partial charge in [0.1, 0.15) is 5.56 Å². The fraction of sp³-hybridized carbons (Fsp3) is 0.533. The molecule has 0 aliphatic carbocycles. The molecular formula is C15H20ClF2N3O5. The molecule has 8 nitrogen and oxygen atoms in total. The van der Waals surface area contributed by atoms with Crippen LogP contribution in [0.15, 0.2) is 12.1 Å². The molecule has 26 heavy (non-hydrogen) atoms. The molecule has 2 rings (SSSR count). The summed E-state index contributed by atoms with van der Waals surface area (Å²) in [4.78, 5) is 24.7. The van der Waals surface area contributed by atoms with E-state index in [4.69, 9.17) is 4.74 Å². The second kappa shape index (κ2) is 9.48. The van der Waals surface area contributed by atoms with Crippen LogP contribution in [0.25, 0.3) is 0 Å². The number of hydrogen-bond donors (Lipinski definition) is 1. The maximum Gasteiger partial charge on any atom is 0.387 e. The molecule has 1 saturated heterocycles. The Hall–Kier alpha value is -2.20. The Balaban J connectivity index is 0.00000338. The SMILES string of the molecule is CNC1CCCN(C(=O)c2cc(OC)c(OC(F)F)cc2[N+](=O)[O-])C1.Cl. The molecule has 0 radical (unpaired) electrons. The lowest BCUT2D eigenvalue weighted by molar-refractivity contribution is -0.385. The number of nitro groups is 1. The van der Waals surface area contributed by atoms with Crippen LogP contribution < -0.4 is 14.8 Å². The third-order valence-corrected chi connectivity index (χ3v) is 4.04. The third kappa shape index (κ3) is 4.92. The van der Waals surface area contributed by atoms with Crippen molar-refractivity contribution in [2.45, 2.75) is 25.5 Å². The number of rotatable bonds is 6. The highest BCUT2D eigenvalue weighted by molar-refractivity contribution is 5.99. The molecule has 1 amide bonds. The van der Waals surface area contributed by atoms with Gasteiger partial charge in [0.25, 0.3) is 11.6 Å². The van der Waals surface area contributed by atoms with E-state index in [9.17, 15) is 23.7 Å². The number of piperidine rings is 1.